The zero-order valence-corrected chi connectivity index (χ0v) is 15.4. The van der Waals surface area contributed by atoms with Crippen molar-refractivity contribution in [3.05, 3.63) is 40.5 Å². The Morgan fingerprint density at radius 2 is 2.09 bits per heavy atom. The maximum Gasteiger partial charge on any atom is 0.350 e. The summed E-state index contributed by atoms with van der Waals surface area (Å²) in [6, 6.07) is 5.53. The molecule has 0 aliphatic carbocycles. The first-order valence-electron chi connectivity index (χ1n) is 7.40. The summed E-state index contributed by atoms with van der Waals surface area (Å²) >= 11 is 3.19. The van der Waals surface area contributed by atoms with E-state index in [-0.39, 0.29) is 10.9 Å². The molecule has 126 valence electrons. The number of hydrogen-bond donors (Lipinski definition) is 2. The van der Waals surface area contributed by atoms with Crippen LogP contribution in [-0.2, 0) is 10.0 Å². The zero-order chi connectivity index (χ0) is 17.0. The average Bonchev–Trinajstić information content (AvgIpc) is 2.86. The van der Waals surface area contributed by atoms with E-state index in [9.17, 15) is 13.2 Å². The quantitative estimate of drug-likeness (QED) is 0.793. The van der Waals surface area contributed by atoms with Gasteiger partial charge in [-0.05, 0) is 47.5 Å². The van der Waals surface area contributed by atoms with Gasteiger partial charge in [-0.2, -0.15) is 0 Å². The maximum absolute atomic E-state index is 12.4. The summed E-state index contributed by atoms with van der Waals surface area (Å²) in [4.78, 5) is 12.4. The van der Waals surface area contributed by atoms with Gasteiger partial charge in [-0.15, -0.1) is 0 Å². The van der Waals surface area contributed by atoms with Crippen molar-refractivity contribution in [2.75, 3.05) is 0 Å². The van der Waals surface area contributed by atoms with Gasteiger partial charge in [0.05, 0.1) is 6.04 Å². The molecule has 0 spiro atoms. The van der Waals surface area contributed by atoms with Crippen molar-refractivity contribution >= 4 is 32.0 Å². The molecule has 8 heteroatoms. The van der Waals surface area contributed by atoms with Crippen LogP contribution >= 0.6 is 15.9 Å². The number of allylic oxidation sites excluding steroid dienone is 1. The van der Waals surface area contributed by atoms with Crippen LogP contribution in [0.1, 0.15) is 33.1 Å². The summed E-state index contributed by atoms with van der Waals surface area (Å²) in [5.41, 5.74) is 3.74. The first-order valence-corrected chi connectivity index (χ1v) is 9.68. The molecule has 1 atom stereocenters. The number of carbonyl (C=O) groups is 1. The highest BCUT2D eigenvalue weighted by Gasteiger charge is 2.30. The standard InChI is InChI=1S/C15H20BrN3O3S/c1-3-4-7-12-10-11(2)17-19(12)15(20)18-23(21,22)14-9-6-5-8-13(14)16/h5-6,8-10,12,17H,3-4,7H2,1-2H3,(H,18,20). The molecule has 0 saturated carbocycles. The predicted octanol–water partition coefficient (Wildman–Crippen LogP) is 3.13. The van der Waals surface area contributed by atoms with Crippen LogP contribution in [0.25, 0.3) is 0 Å². The molecule has 23 heavy (non-hydrogen) atoms. The lowest BCUT2D eigenvalue weighted by Gasteiger charge is -2.25. The summed E-state index contributed by atoms with van der Waals surface area (Å²) in [5.74, 6) is 0. The van der Waals surface area contributed by atoms with Crippen LogP contribution in [-0.4, -0.2) is 25.5 Å². The fourth-order valence-corrected chi connectivity index (χ4v) is 4.33. The fourth-order valence-electron chi connectivity index (χ4n) is 2.38. The minimum atomic E-state index is -3.94. The van der Waals surface area contributed by atoms with Crippen LogP contribution in [0.2, 0.25) is 0 Å². The van der Waals surface area contributed by atoms with Crippen molar-refractivity contribution in [1.82, 2.24) is 15.2 Å². The van der Waals surface area contributed by atoms with E-state index < -0.39 is 16.1 Å². The molecule has 0 saturated heterocycles. The normalized spacial score (nSPS) is 17.6. The molecule has 1 aromatic carbocycles. The number of unbranched alkanes of at least 4 members (excludes halogenated alkanes) is 1. The van der Waals surface area contributed by atoms with E-state index >= 15 is 0 Å². The number of halogens is 1. The fraction of sp³-hybridized carbons (Fsp3) is 0.400. The molecule has 6 nitrogen and oxygen atoms in total. The Kier molecular flexibility index (Phi) is 5.69. The van der Waals surface area contributed by atoms with E-state index in [0.717, 1.165) is 25.0 Å². The molecule has 1 heterocycles. The highest BCUT2D eigenvalue weighted by Crippen LogP contribution is 2.22. The lowest BCUT2D eigenvalue weighted by atomic mass is 10.1. The van der Waals surface area contributed by atoms with Gasteiger partial charge in [0.1, 0.15) is 4.90 Å². The van der Waals surface area contributed by atoms with Crippen LogP contribution in [0.5, 0.6) is 0 Å². The van der Waals surface area contributed by atoms with E-state index in [1.165, 1.54) is 11.1 Å². The third kappa shape index (κ3) is 4.26. The lowest BCUT2D eigenvalue weighted by Crippen LogP contribution is -2.50. The van der Waals surface area contributed by atoms with E-state index in [0.29, 0.717) is 4.47 Å². The van der Waals surface area contributed by atoms with Gasteiger partial charge in [0.2, 0.25) is 0 Å². The van der Waals surface area contributed by atoms with Crippen molar-refractivity contribution in [2.45, 2.75) is 44.0 Å². The molecule has 0 bridgehead atoms. The van der Waals surface area contributed by atoms with Gasteiger partial charge in [0.25, 0.3) is 10.0 Å². The number of sulfonamides is 1. The van der Waals surface area contributed by atoms with Crippen molar-refractivity contribution in [1.29, 1.82) is 0 Å². The Morgan fingerprint density at radius 3 is 2.74 bits per heavy atom. The second-order valence-corrected chi connectivity index (χ2v) is 7.89. The van der Waals surface area contributed by atoms with Crippen LogP contribution in [0, 0.1) is 0 Å². The minimum Gasteiger partial charge on any atom is -0.299 e. The lowest BCUT2D eigenvalue weighted by molar-refractivity contribution is 0.175. The molecule has 1 aliphatic heterocycles. The maximum atomic E-state index is 12.4. The smallest absolute Gasteiger partial charge is 0.299 e. The van der Waals surface area contributed by atoms with Gasteiger partial charge in [0.15, 0.2) is 0 Å². The molecule has 0 radical (unpaired) electrons. The number of nitrogens with one attached hydrogen (secondary N) is 2. The number of amides is 2. The first kappa shape index (κ1) is 17.8. The van der Waals surface area contributed by atoms with Crippen LogP contribution < -0.4 is 10.1 Å². The number of hydrogen-bond acceptors (Lipinski definition) is 4. The van der Waals surface area contributed by atoms with E-state index in [1.807, 2.05) is 13.0 Å². The highest BCUT2D eigenvalue weighted by atomic mass is 79.9. The van der Waals surface area contributed by atoms with Gasteiger partial charge in [-0.1, -0.05) is 31.9 Å². The highest BCUT2D eigenvalue weighted by molar-refractivity contribution is 9.10. The molecule has 0 fully saturated rings. The summed E-state index contributed by atoms with van der Waals surface area (Å²) in [7, 11) is -3.94. The number of rotatable bonds is 5. The minimum absolute atomic E-state index is 0.0299. The number of hydrazine groups is 1. The second-order valence-electron chi connectivity index (χ2n) is 5.38. The molecule has 2 amide bonds. The summed E-state index contributed by atoms with van der Waals surface area (Å²) in [6.45, 7) is 3.91. The molecule has 1 aromatic rings. The van der Waals surface area contributed by atoms with Gasteiger partial charge in [-0.25, -0.2) is 22.9 Å². The van der Waals surface area contributed by atoms with Gasteiger partial charge in [-0.3, -0.25) is 5.43 Å². The molecular formula is C15H20BrN3O3S. The summed E-state index contributed by atoms with van der Waals surface area (Å²) in [5, 5.41) is 1.33. The van der Waals surface area contributed by atoms with Crippen molar-refractivity contribution in [2.24, 2.45) is 0 Å². The third-order valence-corrected chi connectivity index (χ3v) is 5.82. The number of carbonyl (C=O) groups excluding carboxylic acids is 1. The first-order chi connectivity index (χ1) is 10.8. The average molecular weight is 402 g/mol. The SMILES string of the molecule is CCCCC1C=C(C)NN1C(=O)NS(=O)(=O)c1ccccc1Br. The third-order valence-electron chi connectivity index (χ3n) is 3.49. The van der Waals surface area contributed by atoms with Gasteiger partial charge >= 0.3 is 6.03 Å². The van der Waals surface area contributed by atoms with Crippen molar-refractivity contribution in [3.8, 4) is 0 Å². The number of urea groups is 1. The van der Waals surface area contributed by atoms with Gasteiger partial charge in [0, 0.05) is 10.2 Å². The zero-order valence-electron chi connectivity index (χ0n) is 13.0. The number of benzene rings is 1. The van der Waals surface area contributed by atoms with Crippen LogP contribution in [0.15, 0.2) is 45.4 Å². The molecule has 2 rings (SSSR count). The number of nitrogens with zero attached hydrogens (tertiary/aromatic N) is 1. The summed E-state index contributed by atoms with van der Waals surface area (Å²) < 4.78 is 27.3. The molecule has 2 N–H and O–H groups in total. The van der Waals surface area contributed by atoms with Crippen molar-refractivity contribution in [3.63, 3.8) is 0 Å². The largest absolute Gasteiger partial charge is 0.350 e. The van der Waals surface area contributed by atoms with Crippen LogP contribution in [0.3, 0.4) is 0 Å². The van der Waals surface area contributed by atoms with Crippen LogP contribution in [0.4, 0.5) is 4.79 Å². The molecule has 1 aliphatic rings. The van der Waals surface area contributed by atoms with Gasteiger partial charge < -0.3 is 0 Å². The van der Waals surface area contributed by atoms with E-state index in [4.69, 9.17) is 0 Å². The topological polar surface area (TPSA) is 78.5 Å². The summed E-state index contributed by atoms with van der Waals surface area (Å²) in [6.07, 6.45) is 4.68. The van der Waals surface area contributed by atoms with E-state index in [2.05, 4.69) is 33.0 Å². The Labute approximate surface area is 145 Å². The molecule has 0 aromatic heterocycles. The Hall–Kier alpha value is -1.54. The molecular weight excluding hydrogens is 382 g/mol. The second kappa shape index (κ2) is 7.35. The Balaban J connectivity index is 2.13. The van der Waals surface area contributed by atoms with Crippen molar-refractivity contribution < 1.29 is 13.2 Å². The predicted molar refractivity (Wildman–Crippen MR) is 91.9 cm³/mol. The van der Waals surface area contributed by atoms with E-state index in [1.54, 1.807) is 18.2 Å². The monoisotopic (exact) mass is 401 g/mol. The Bertz CT molecular complexity index is 718. The Morgan fingerprint density at radius 1 is 1.39 bits per heavy atom. The molecule has 1 unspecified atom stereocenters.